The first-order chi connectivity index (χ1) is 16.8. The number of hydrogen-bond donors (Lipinski definition) is 1. The smallest absolute Gasteiger partial charge is 0.344 e. The van der Waals surface area contributed by atoms with E-state index in [1.165, 1.54) is 19.2 Å². The molecule has 0 unspecified atom stereocenters. The van der Waals surface area contributed by atoms with Crippen LogP contribution in [0, 0.1) is 10.1 Å². The Morgan fingerprint density at radius 2 is 1.89 bits per heavy atom. The summed E-state index contributed by atoms with van der Waals surface area (Å²) < 4.78 is 6.28. The van der Waals surface area contributed by atoms with Gasteiger partial charge in [0.05, 0.1) is 27.1 Å². The number of carboxylic acid groups (broad SMARTS) is 1. The van der Waals surface area contributed by atoms with E-state index in [2.05, 4.69) is 10.1 Å². The molecule has 0 spiro atoms. The van der Waals surface area contributed by atoms with Gasteiger partial charge in [-0.3, -0.25) is 14.9 Å². The number of nitro benzene ring substituents is 1. The summed E-state index contributed by atoms with van der Waals surface area (Å²) >= 11 is 6.18. The number of benzene rings is 3. The Labute approximate surface area is 202 Å². The van der Waals surface area contributed by atoms with Gasteiger partial charge in [0.25, 0.3) is 5.56 Å². The van der Waals surface area contributed by atoms with Crippen LogP contribution in [0.25, 0.3) is 22.3 Å². The lowest BCUT2D eigenvalue weighted by atomic mass is 10.2. The summed E-state index contributed by atoms with van der Waals surface area (Å²) in [5, 5.41) is 25.1. The van der Waals surface area contributed by atoms with Crippen LogP contribution >= 0.6 is 11.6 Å². The number of carbonyl (C=O) groups is 1. The van der Waals surface area contributed by atoms with E-state index in [0.29, 0.717) is 16.5 Å². The van der Waals surface area contributed by atoms with Crippen molar-refractivity contribution in [1.82, 2.24) is 9.66 Å². The summed E-state index contributed by atoms with van der Waals surface area (Å²) in [6.45, 7) is 1.22. The first-order valence-electron chi connectivity index (χ1n) is 10.2. The minimum atomic E-state index is -1.36. The van der Waals surface area contributed by atoms with Crippen molar-refractivity contribution < 1.29 is 19.6 Å². The van der Waals surface area contributed by atoms with Crippen LogP contribution in [-0.2, 0) is 4.79 Å². The van der Waals surface area contributed by atoms with Crippen LogP contribution in [0.4, 0.5) is 5.69 Å². The molecule has 0 saturated heterocycles. The maximum absolute atomic E-state index is 13.2. The van der Waals surface area contributed by atoms with Gasteiger partial charge in [0.1, 0.15) is 0 Å². The molecule has 1 atom stereocenters. The highest BCUT2D eigenvalue weighted by Crippen LogP contribution is 2.36. The van der Waals surface area contributed by atoms with Crippen LogP contribution in [0.2, 0.25) is 5.02 Å². The van der Waals surface area contributed by atoms with Crippen molar-refractivity contribution in [2.75, 3.05) is 0 Å². The van der Waals surface area contributed by atoms with Crippen molar-refractivity contribution in [2.24, 2.45) is 5.10 Å². The number of aromatic nitrogens is 2. The normalized spacial score (nSPS) is 12.1. The maximum Gasteiger partial charge on any atom is 0.344 e. The summed E-state index contributed by atoms with van der Waals surface area (Å²) in [5.74, 6) is -1.41. The molecule has 1 heterocycles. The number of ether oxygens (including phenoxy) is 1. The molecule has 10 nitrogen and oxygen atoms in total. The molecule has 11 heteroatoms. The number of para-hydroxylation sites is 1. The topological polar surface area (TPSA) is 137 Å². The molecule has 0 aliphatic heterocycles. The molecule has 0 bridgehead atoms. The fourth-order valence-electron chi connectivity index (χ4n) is 3.28. The molecule has 0 aliphatic rings. The van der Waals surface area contributed by atoms with E-state index in [0.717, 1.165) is 10.7 Å². The fraction of sp³-hybridized carbons (Fsp3) is 0.0833. The highest BCUT2D eigenvalue weighted by molar-refractivity contribution is 6.32. The van der Waals surface area contributed by atoms with E-state index < -0.39 is 28.2 Å². The first kappa shape index (κ1) is 23.6. The van der Waals surface area contributed by atoms with E-state index >= 15 is 0 Å². The standard InChI is InChI=1S/C24H17ClN4O6/c1-14(24(31)32)35-21-18(25)11-15(12-20(21)29(33)34)13-26-28-22(16-7-3-2-4-8-16)27-19-10-6-5-9-17(19)23(28)30/h2-14H,1H3,(H,31,32)/t14-/m0/s1. The predicted octanol–water partition coefficient (Wildman–Crippen LogP) is 4.36. The third-order valence-electron chi connectivity index (χ3n) is 4.99. The average molecular weight is 493 g/mol. The predicted molar refractivity (Wildman–Crippen MR) is 130 cm³/mol. The largest absolute Gasteiger partial charge is 0.479 e. The second-order valence-electron chi connectivity index (χ2n) is 7.39. The molecule has 35 heavy (non-hydrogen) atoms. The Kier molecular flexibility index (Phi) is 6.56. The number of halogens is 1. The van der Waals surface area contributed by atoms with E-state index in [1.807, 2.05) is 6.07 Å². The highest BCUT2D eigenvalue weighted by Gasteiger charge is 2.24. The molecule has 0 aliphatic carbocycles. The summed E-state index contributed by atoms with van der Waals surface area (Å²) in [4.78, 5) is 39.8. The summed E-state index contributed by atoms with van der Waals surface area (Å²) in [7, 11) is 0. The molecule has 4 rings (SSSR count). The molecule has 0 saturated carbocycles. The molecule has 1 aromatic heterocycles. The monoisotopic (exact) mass is 492 g/mol. The van der Waals surface area contributed by atoms with Crippen molar-refractivity contribution >= 4 is 40.4 Å². The van der Waals surface area contributed by atoms with Crippen LogP contribution in [0.5, 0.6) is 5.75 Å². The number of aliphatic carboxylic acids is 1. The molecular weight excluding hydrogens is 476 g/mol. The third kappa shape index (κ3) is 4.87. The maximum atomic E-state index is 13.2. The van der Waals surface area contributed by atoms with Gasteiger partial charge in [0, 0.05) is 17.2 Å². The lowest BCUT2D eigenvalue weighted by Crippen LogP contribution is -2.23. The Morgan fingerprint density at radius 3 is 2.57 bits per heavy atom. The average Bonchev–Trinajstić information content (AvgIpc) is 2.85. The van der Waals surface area contributed by atoms with Crippen molar-refractivity contribution in [3.05, 3.63) is 97.8 Å². The third-order valence-corrected chi connectivity index (χ3v) is 5.27. The zero-order valence-electron chi connectivity index (χ0n) is 18.2. The SMILES string of the molecule is C[C@H](Oc1c(Cl)cc(C=Nn2c(-c3ccccc3)nc3ccccc3c2=O)cc1[N+](=O)[O-])C(=O)O. The summed E-state index contributed by atoms with van der Waals surface area (Å²) in [5.41, 5.74) is 0.357. The molecule has 176 valence electrons. The number of hydrogen-bond acceptors (Lipinski definition) is 7. The Morgan fingerprint density at radius 1 is 1.20 bits per heavy atom. The van der Waals surface area contributed by atoms with Gasteiger partial charge in [-0.15, -0.1) is 0 Å². The molecule has 1 N–H and O–H groups in total. The van der Waals surface area contributed by atoms with Crippen LogP contribution in [0.1, 0.15) is 12.5 Å². The zero-order chi connectivity index (χ0) is 25.1. The van der Waals surface area contributed by atoms with Gasteiger partial charge in [-0.1, -0.05) is 54.1 Å². The lowest BCUT2D eigenvalue weighted by molar-refractivity contribution is -0.386. The Hall–Kier alpha value is -4.57. The van der Waals surface area contributed by atoms with Gasteiger partial charge < -0.3 is 9.84 Å². The van der Waals surface area contributed by atoms with Crippen LogP contribution < -0.4 is 10.3 Å². The van der Waals surface area contributed by atoms with Crippen LogP contribution in [-0.4, -0.2) is 38.0 Å². The summed E-state index contributed by atoms with van der Waals surface area (Å²) in [6.07, 6.45) is -0.130. The number of nitro groups is 1. The van der Waals surface area contributed by atoms with Crippen LogP contribution in [0.15, 0.2) is 76.6 Å². The zero-order valence-corrected chi connectivity index (χ0v) is 18.9. The lowest BCUT2D eigenvalue weighted by Gasteiger charge is -2.12. The van der Waals surface area contributed by atoms with Gasteiger partial charge in [-0.2, -0.15) is 9.78 Å². The van der Waals surface area contributed by atoms with Gasteiger partial charge in [0.15, 0.2) is 11.9 Å². The van der Waals surface area contributed by atoms with Gasteiger partial charge in [0.2, 0.25) is 5.75 Å². The second-order valence-corrected chi connectivity index (χ2v) is 7.79. The van der Waals surface area contributed by atoms with E-state index in [-0.39, 0.29) is 22.2 Å². The molecule has 0 amide bonds. The molecular formula is C24H17ClN4O6. The number of nitrogens with zero attached hydrogens (tertiary/aromatic N) is 4. The van der Waals surface area contributed by atoms with E-state index in [9.17, 15) is 19.7 Å². The van der Waals surface area contributed by atoms with Gasteiger partial charge in [-0.05, 0) is 25.1 Å². The van der Waals surface area contributed by atoms with E-state index in [4.69, 9.17) is 21.4 Å². The van der Waals surface area contributed by atoms with Gasteiger partial charge >= 0.3 is 11.7 Å². The minimum absolute atomic E-state index is 0.180. The number of carboxylic acids is 1. The van der Waals surface area contributed by atoms with Crippen molar-refractivity contribution in [3.8, 4) is 17.1 Å². The molecule has 4 aromatic rings. The second kappa shape index (κ2) is 9.74. The van der Waals surface area contributed by atoms with E-state index in [1.54, 1.807) is 48.5 Å². The van der Waals surface area contributed by atoms with Crippen molar-refractivity contribution in [1.29, 1.82) is 0 Å². The molecule has 3 aromatic carbocycles. The number of rotatable bonds is 7. The molecule has 0 fully saturated rings. The number of fused-ring (bicyclic) bond motifs is 1. The van der Waals surface area contributed by atoms with Crippen molar-refractivity contribution in [3.63, 3.8) is 0 Å². The molecule has 0 radical (unpaired) electrons. The quantitative estimate of drug-likeness (QED) is 0.230. The van der Waals surface area contributed by atoms with Gasteiger partial charge in [-0.25, -0.2) is 9.78 Å². The van der Waals surface area contributed by atoms with Crippen LogP contribution in [0.3, 0.4) is 0 Å². The van der Waals surface area contributed by atoms with Crippen molar-refractivity contribution in [2.45, 2.75) is 13.0 Å². The fourth-order valence-corrected chi connectivity index (χ4v) is 3.55. The minimum Gasteiger partial charge on any atom is -0.479 e. The Bertz CT molecular complexity index is 1530. The highest BCUT2D eigenvalue weighted by atomic mass is 35.5. The first-order valence-corrected chi connectivity index (χ1v) is 10.6. The summed E-state index contributed by atoms with van der Waals surface area (Å²) in [6, 6.07) is 18.3. The Balaban J connectivity index is 1.84.